The average Bonchev–Trinajstić information content (AvgIpc) is 2.78. The van der Waals surface area contributed by atoms with Crippen molar-refractivity contribution in [2.24, 2.45) is 0 Å². The second kappa shape index (κ2) is 4.79. The van der Waals surface area contributed by atoms with Gasteiger partial charge in [-0.1, -0.05) is 23.5 Å². The molecular weight excluding hydrogens is 285 g/mol. The highest BCUT2D eigenvalue weighted by Gasteiger charge is 2.14. The van der Waals surface area contributed by atoms with E-state index in [0.29, 0.717) is 17.3 Å². The first-order valence-electron chi connectivity index (χ1n) is 5.82. The molecule has 0 radical (unpaired) electrons. The number of para-hydroxylation sites is 1. The van der Waals surface area contributed by atoms with E-state index in [9.17, 15) is 13.2 Å². The number of halogens is 3. The molecule has 0 saturated carbocycles. The molecule has 20 heavy (non-hydrogen) atoms. The van der Waals surface area contributed by atoms with Crippen LogP contribution in [0, 0.1) is 24.4 Å². The normalized spacial score (nSPS) is 11.0. The summed E-state index contributed by atoms with van der Waals surface area (Å²) in [6.07, 6.45) is 0. The number of nitrogens with one attached hydrogen (secondary N) is 1. The molecule has 6 heteroatoms. The van der Waals surface area contributed by atoms with Gasteiger partial charge in [0, 0.05) is 12.1 Å². The standard InChI is InChI=1S/C14H9F3N2S/c1-7-3-2-4-11-12(7)18-14(20-11)19-13-9(16)5-8(15)6-10(13)17/h2-6H,1H3,(H,18,19). The summed E-state index contributed by atoms with van der Waals surface area (Å²) in [7, 11) is 0. The van der Waals surface area contributed by atoms with Gasteiger partial charge < -0.3 is 5.32 Å². The first kappa shape index (κ1) is 12.9. The molecule has 0 spiro atoms. The fraction of sp³-hybridized carbons (Fsp3) is 0.0714. The lowest BCUT2D eigenvalue weighted by atomic mass is 10.2. The number of nitrogens with zero attached hydrogens (tertiary/aromatic N) is 1. The Morgan fingerprint density at radius 1 is 1.10 bits per heavy atom. The van der Waals surface area contributed by atoms with E-state index < -0.39 is 23.1 Å². The highest BCUT2D eigenvalue weighted by Crippen LogP contribution is 2.31. The zero-order valence-corrected chi connectivity index (χ0v) is 11.2. The Bertz CT molecular complexity index is 775. The molecule has 0 unspecified atom stereocenters. The molecular formula is C14H9F3N2S. The number of thiazole rings is 1. The monoisotopic (exact) mass is 294 g/mol. The number of rotatable bonds is 2. The summed E-state index contributed by atoms with van der Waals surface area (Å²) in [5, 5.41) is 2.94. The highest BCUT2D eigenvalue weighted by atomic mass is 32.1. The number of hydrogen-bond donors (Lipinski definition) is 1. The van der Waals surface area contributed by atoms with Crippen LogP contribution in [0.4, 0.5) is 24.0 Å². The van der Waals surface area contributed by atoms with Gasteiger partial charge in [0.05, 0.1) is 10.2 Å². The van der Waals surface area contributed by atoms with Crippen molar-refractivity contribution in [3.63, 3.8) is 0 Å². The smallest absolute Gasteiger partial charge is 0.188 e. The van der Waals surface area contributed by atoms with E-state index in [1.54, 1.807) is 0 Å². The number of anilines is 2. The maximum absolute atomic E-state index is 13.6. The summed E-state index contributed by atoms with van der Waals surface area (Å²) in [6.45, 7) is 1.91. The zero-order valence-electron chi connectivity index (χ0n) is 10.4. The van der Waals surface area contributed by atoms with Crippen LogP contribution in [0.1, 0.15) is 5.56 Å². The third-order valence-corrected chi connectivity index (χ3v) is 3.80. The van der Waals surface area contributed by atoms with Crippen molar-refractivity contribution >= 4 is 32.4 Å². The lowest BCUT2D eigenvalue weighted by Crippen LogP contribution is -1.98. The fourth-order valence-corrected chi connectivity index (χ4v) is 2.86. The van der Waals surface area contributed by atoms with Crippen LogP contribution in [0.3, 0.4) is 0 Å². The maximum atomic E-state index is 13.6. The van der Waals surface area contributed by atoms with Crippen LogP contribution in [0.5, 0.6) is 0 Å². The molecule has 0 saturated heterocycles. The van der Waals surface area contributed by atoms with E-state index in [1.807, 2.05) is 25.1 Å². The van der Waals surface area contributed by atoms with Crippen molar-refractivity contribution in [3.05, 3.63) is 53.3 Å². The third kappa shape index (κ3) is 2.22. The molecule has 0 fully saturated rings. The largest absolute Gasteiger partial charge is 0.327 e. The van der Waals surface area contributed by atoms with Gasteiger partial charge >= 0.3 is 0 Å². The van der Waals surface area contributed by atoms with Gasteiger partial charge in [-0.15, -0.1) is 0 Å². The van der Waals surface area contributed by atoms with Crippen LogP contribution in [-0.2, 0) is 0 Å². The molecule has 3 rings (SSSR count). The van der Waals surface area contributed by atoms with E-state index in [0.717, 1.165) is 15.8 Å². The predicted octanol–water partition coefficient (Wildman–Crippen LogP) is 4.77. The molecule has 3 aromatic rings. The summed E-state index contributed by atoms with van der Waals surface area (Å²) in [4.78, 5) is 4.29. The molecule has 0 aliphatic heterocycles. The van der Waals surface area contributed by atoms with Crippen LogP contribution < -0.4 is 5.32 Å². The molecule has 2 aromatic carbocycles. The average molecular weight is 294 g/mol. The molecule has 1 N–H and O–H groups in total. The van der Waals surface area contributed by atoms with Crippen LogP contribution in [0.25, 0.3) is 10.2 Å². The lowest BCUT2D eigenvalue weighted by molar-refractivity contribution is 0.549. The summed E-state index contributed by atoms with van der Waals surface area (Å²) in [6, 6.07) is 6.93. The van der Waals surface area contributed by atoms with Crippen LogP contribution >= 0.6 is 11.3 Å². The maximum Gasteiger partial charge on any atom is 0.188 e. The van der Waals surface area contributed by atoms with E-state index >= 15 is 0 Å². The molecule has 0 amide bonds. The Balaban J connectivity index is 2.04. The van der Waals surface area contributed by atoms with Crippen LogP contribution in [0.2, 0.25) is 0 Å². The molecule has 0 bridgehead atoms. The van der Waals surface area contributed by atoms with Gasteiger partial charge in [-0.05, 0) is 18.6 Å². The number of hydrogen-bond acceptors (Lipinski definition) is 3. The number of benzene rings is 2. The van der Waals surface area contributed by atoms with Crippen molar-refractivity contribution in [1.82, 2.24) is 4.98 Å². The van der Waals surface area contributed by atoms with E-state index in [4.69, 9.17) is 0 Å². The fourth-order valence-electron chi connectivity index (χ4n) is 1.91. The van der Waals surface area contributed by atoms with Gasteiger partial charge in [-0.25, -0.2) is 18.2 Å². The molecule has 1 heterocycles. The number of aromatic nitrogens is 1. The quantitative estimate of drug-likeness (QED) is 0.736. The molecule has 102 valence electrons. The Kier molecular flexibility index (Phi) is 3.10. The second-order valence-corrected chi connectivity index (χ2v) is 5.34. The Hall–Kier alpha value is -2.08. The van der Waals surface area contributed by atoms with Gasteiger partial charge in [0.2, 0.25) is 0 Å². The van der Waals surface area contributed by atoms with E-state index in [-0.39, 0.29) is 0 Å². The Morgan fingerprint density at radius 2 is 1.80 bits per heavy atom. The second-order valence-electron chi connectivity index (χ2n) is 4.31. The number of fused-ring (bicyclic) bond motifs is 1. The van der Waals surface area contributed by atoms with E-state index in [2.05, 4.69) is 10.3 Å². The molecule has 1 aromatic heterocycles. The SMILES string of the molecule is Cc1cccc2sc(Nc3c(F)cc(F)cc3F)nc12. The van der Waals surface area contributed by atoms with Crippen LogP contribution in [0.15, 0.2) is 30.3 Å². The topological polar surface area (TPSA) is 24.9 Å². The Labute approximate surface area is 116 Å². The summed E-state index contributed by atoms with van der Waals surface area (Å²) < 4.78 is 40.9. The minimum absolute atomic E-state index is 0.360. The molecule has 0 aliphatic rings. The summed E-state index contributed by atoms with van der Waals surface area (Å²) in [5.41, 5.74) is 1.36. The Morgan fingerprint density at radius 3 is 2.45 bits per heavy atom. The summed E-state index contributed by atoms with van der Waals surface area (Å²) in [5.74, 6) is -2.93. The van der Waals surface area contributed by atoms with Gasteiger partial charge in [-0.2, -0.15) is 0 Å². The van der Waals surface area contributed by atoms with Crippen molar-refractivity contribution in [3.8, 4) is 0 Å². The van der Waals surface area contributed by atoms with Gasteiger partial charge in [-0.3, -0.25) is 0 Å². The van der Waals surface area contributed by atoms with Crippen molar-refractivity contribution < 1.29 is 13.2 Å². The van der Waals surface area contributed by atoms with E-state index in [1.165, 1.54) is 11.3 Å². The van der Waals surface area contributed by atoms with Gasteiger partial charge in [0.25, 0.3) is 0 Å². The van der Waals surface area contributed by atoms with Crippen molar-refractivity contribution in [1.29, 1.82) is 0 Å². The molecule has 0 atom stereocenters. The summed E-state index contributed by atoms with van der Waals surface area (Å²) >= 11 is 1.28. The third-order valence-electron chi connectivity index (χ3n) is 2.86. The minimum Gasteiger partial charge on any atom is -0.327 e. The molecule has 2 nitrogen and oxygen atoms in total. The first-order valence-corrected chi connectivity index (χ1v) is 6.64. The van der Waals surface area contributed by atoms with Crippen LogP contribution in [-0.4, -0.2) is 4.98 Å². The van der Waals surface area contributed by atoms with Crippen molar-refractivity contribution in [2.45, 2.75) is 6.92 Å². The molecule has 0 aliphatic carbocycles. The highest BCUT2D eigenvalue weighted by molar-refractivity contribution is 7.22. The minimum atomic E-state index is -0.988. The van der Waals surface area contributed by atoms with Crippen molar-refractivity contribution in [2.75, 3.05) is 5.32 Å². The van der Waals surface area contributed by atoms with Gasteiger partial charge in [0.1, 0.15) is 11.5 Å². The lowest BCUT2D eigenvalue weighted by Gasteiger charge is -2.05. The predicted molar refractivity (Wildman–Crippen MR) is 74.0 cm³/mol. The number of aryl methyl sites for hydroxylation is 1. The van der Waals surface area contributed by atoms with Gasteiger partial charge in [0.15, 0.2) is 16.8 Å². The first-order chi connectivity index (χ1) is 9.54. The zero-order chi connectivity index (χ0) is 14.3.